The van der Waals surface area contributed by atoms with Crippen LogP contribution in [-0.2, 0) is 0 Å². The summed E-state index contributed by atoms with van der Waals surface area (Å²) in [6.45, 7) is 11.2. The zero-order chi connectivity index (χ0) is 11.1. The number of hydrogen-bond donors (Lipinski definition) is 0. The molecular formula is C15H24. The van der Waals surface area contributed by atoms with E-state index in [-0.39, 0.29) is 0 Å². The second-order valence-corrected chi connectivity index (χ2v) is 5.96. The van der Waals surface area contributed by atoms with E-state index in [1.165, 1.54) is 44.1 Å². The van der Waals surface area contributed by atoms with Crippen molar-refractivity contribution in [1.29, 1.82) is 0 Å². The Kier molecular flexibility index (Phi) is 2.79. The summed E-state index contributed by atoms with van der Waals surface area (Å²) in [5, 5.41) is 0. The molecule has 0 heteroatoms. The van der Waals surface area contributed by atoms with Gasteiger partial charge in [0, 0.05) is 0 Å². The fourth-order valence-electron chi connectivity index (χ4n) is 3.52. The molecule has 2 aliphatic rings. The molecule has 0 spiro atoms. The first-order valence-corrected chi connectivity index (χ1v) is 6.37. The Morgan fingerprint density at radius 1 is 1.40 bits per heavy atom. The van der Waals surface area contributed by atoms with Gasteiger partial charge in [-0.1, -0.05) is 30.2 Å². The Labute approximate surface area is 94.5 Å². The lowest BCUT2D eigenvalue weighted by Crippen LogP contribution is -2.30. The van der Waals surface area contributed by atoms with Crippen molar-refractivity contribution in [2.24, 2.45) is 11.3 Å². The molecule has 0 N–H and O–H groups in total. The van der Waals surface area contributed by atoms with Crippen LogP contribution in [0.15, 0.2) is 23.3 Å². The van der Waals surface area contributed by atoms with E-state index in [0.29, 0.717) is 5.41 Å². The van der Waals surface area contributed by atoms with Gasteiger partial charge in [-0.15, -0.1) is 0 Å². The molecule has 0 amide bonds. The first-order valence-electron chi connectivity index (χ1n) is 6.37. The molecule has 2 rings (SSSR count). The van der Waals surface area contributed by atoms with Crippen LogP contribution in [0.5, 0.6) is 0 Å². The molecule has 0 aromatic rings. The first kappa shape index (κ1) is 11.0. The Bertz CT molecular complexity index is 308. The molecule has 0 nitrogen and oxygen atoms in total. The van der Waals surface area contributed by atoms with Crippen molar-refractivity contribution in [3.8, 4) is 0 Å². The molecule has 0 radical (unpaired) electrons. The normalized spacial score (nSPS) is 36.3. The Morgan fingerprint density at radius 3 is 2.80 bits per heavy atom. The summed E-state index contributed by atoms with van der Waals surface area (Å²) in [5.74, 6) is 0.765. The van der Waals surface area contributed by atoms with Gasteiger partial charge in [0.25, 0.3) is 0 Å². The molecule has 0 heterocycles. The van der Waals surface area contributed by atoms with Crippen molar-refractivity contribution in [3.63, 3.8) is 0 Å². The second kappa shape index (κ2) is 3.81. The van der Waals surface area contributed by atoms with Crippen LogP contribution in [0, 0.1) is 11.3 Å². The summed E-state index contributed by atoms with van der Waals surface area (Å²) in [4.78, 5) is 0. The predicted octanol–water partition coefficient (Wildman–Crippen LogP) is 4.87. The molecule has 0 saturated heterocycles. The van der Waals surface area contributed by atoms with Gasteiger partial charge < -0.3 is 0 Å². The van der Waals surface area contributed by atoms with Crippen molar-refractivity contribution in [3.05, 3.63) is 23.3 Å². The maximum Gasteiger partial charge on any atom is -0.0113 e. The van der Waals surface area contributed by atoms with Crippen LogP contribution in [0.4, 0.5) is 0 Å². The maximum atomic E-state index is 4.14. The zero-order valence-electron chi connectivity index (χ0n) is 10.5. The van der Waals surface area contributed by atoms with Gasteiger partial charge in [-0.05, 0) is 63.7 Å². The molecule has 1 saturated carbocycles. The lowest BCUT2D eigenvalue weighted by Gasteiger charge is -2.44. The average molecular weight is 204 g/mol. The summed E-state index contributed by atoms with van der Waals surface area (Å²) >= 11 is 0. The van der Waals surface area contributed by atoms with Crippen molar-refractivity contribution < 1.29 is 0 Å². The summed E-state index contributed by atoms with van der Waals surface area (Å²) in [7, 11) is 0. The molecule has 0 unspecified atom stereocenters. The van der Waals surface area contributed by atoms with Crippen LogP contribution in [0.25, 0.3) is 0 Å². The van der Waals surface area contributed by atoms with E-state index >= 15 is 0 Å². The summed E-state index contributed by atoms with van der Waals surface area (Å²) < 4.78 is 0. The largest absolute Gasteiger partial charge is 0.0998 e. The highest BCUT2D eigenvalue weighted by molar-refractivity contribution is 5.27. The lowest BCUT2D eigenvalue weighted by atomic mass is 9.61. The monoisotopic (exact) mass is 204 g/mol. The van der Waals surface area contributed by atoms with Crippen molar-refractivity contribution >= 4 is 0 Å². The van der Waals surface area contributed by atoms with Crippen molar-refractivity contribution in [2.75, 3.05) is 0 Å². The number of rotatable bonds is 1. The third-order valence-electron chi connectivity index (χ3n) is 4.72. The molecule has 0 aromatic carbocycles. The topological polar surface area (TPSA) is 0 Å². The molecular weight excluding hydrogens is 180 g/mol. The standard InChI is InChI=1S/C15H24/c1-11(2)13-7-9-15(4)8-5-6-12(3)14(15)10-13/h13H,1,5-10H2,2-4H3/t13-,15-/m0/s1. The summed E-state index contributed by atoms with van der Waals surface area (Å²) in [6, 6.07) is 0. The van der Waals surface area contributed by atoms with E-state index in [2.05, 4.69) is 27.4 Å². The zero-order valence-corrected chi connectivity index (χ0v) is 10.5. The Hall–Kier alpha value is -0.520. The third-order valence-corrected chi connectivity index (χ3v) is 4.72. The first-order chi connectivity index (χ1) is 7.03. The minimum Gasteiger partial charge on any atom is -0.0998 e. The number of fused-ring (bicyclic) bond motifs is 1. The van der Waals surface area contributed by atoms with Crippen LogP contribution < -0.4 is 0 Å². The number of hydrogen-bond acceptors (Lipinski definition) is 0. The van der Waals surface area contributed by atoms with E-state index < -0.39 is 0 Å². The number of allylic oxidation sites excluding steroid dienone is 3. The summed E-state index contributed by atoms with van der Waals surface area (Å²) in [5.41, 5.74) is 5.42. The van der Waals surface area contributed by atoms with Gasteiger partial charge in [-0.2, -0.15) is 0 Å². The van der Waals surface area contributed by atoms with E-state index in [9.17, 15) is 0 Å². The van der Waals surface area contributed by atoms with E-state index in [0.717, 1.165) is 5.92 Å². The highest BCUT2D eigenvalue weighted by Gasteiger charge is 2.37. The molecule has 2 aliphatic carbocycles. The maximum absolute atomic E-state index is 4.14. The fraction of sp³-hybridized carbons (Fsp3) is 0.733. The lowest BCUT2D eigenvalue weighted by molar-refractivity contribution is 0.229. The molecule has 0 aromatic heterocycles. The molecule has 0 aliphatic heterocycles. The van der Waals surface area contributed by atoms with Gasteiger partial charge in [0.15, 0.2) is 0 Å². The molecule has 2 atom stereocenters. The fourth-order valence-corrected chi connectivity index (χ4v) is 3.52. The van der Waals surface area contributed by atoms with E-state index in [4.69, 9.17) is 0 Å². The van der Waals surface area contributed by atoms with Crippen LogP contribution in [0.3, 0.4) is 0 Å². The van der Waals surface area contributed by atoms with Crippen molar-refractivity contribution in [1.82, 2.24) is 0 Å². The highest BCUT2D eigenvalue weighted by atomic mass is 14.4. The smallest absolute Gasteiger partial charge is 0.0113 e. The van der Waals surface area contributed by atoms with E-state index in [1.807, 2.05) is 0 Å². The minimum atomic E-state index is 0.550. The molecule has 1 fully saturated rings. The summed E-state index contributed by atoms with van der Waals surface area (Å²) in [6.07, 6.45) is 8.22. The third kappa shape index (κ3) is 1.91. The Morgan fingerprint density at radius 2 is 2.13 bits per heavy atom. The van der Waals surface area contributed by atoms with Gasteiger partial charge in [0.1, 0.15) is 0 Å². The average Bonchev–Trinajstić information content (AvgIpc) is 2.17. The molecule has 15 heavy (non-hydrogen) atoms. The Balaban J connectivity index is 2.26. The van der Waals surface area contributed by atoms with Crippen LogP contribution in [-0.4, -0.2) is 0 Å². The SMILES string of the molecule is C=C(C)[C@H]1CC[C@]2(C)CCCC(C)=C2C1. The second-order valence-electron chi connectivity index (χ2n) is 5.96. The quantitative estimate of drug-likeness (QED) is 0.535. The van der Waals surface area contributed by atoms with Gasteiger partial charge in [0.2, 0.25) is 0 Å². The molecule has 0 bridgehead atoms. The van der Waals surface area contributed by atoms with Gasteiger partial charge in [-0.3, -0.25) is 0 Å². The van der Waals surface area contributed by atoms with Crippen LogP contribution >= 0.6 is 0 Å². The minimum absolute atomic E-state index is 0.550. The predicted molar refractivity (Wildman–Crippen MR) is 66.8 cm³/mol. The van der Waals surface area contributed by atoms with E-state index in [1.54, 1.807) is 11.1 Å². The van der Waals surface area contributed by atoms with Gasteiger partial charge in [-0.25, -0.2) is 0 Å². The van der Waals surface area contributed by atoms with Crippen molar-refractivity contribution in [2.45, 2.75) is 59.3 Å². The highest BCUT2D eigenvalue weighted by Crippen LogP contribution is 2.51. The molecule has 84 valence electrons. The van der Waals surface area contributed by atoms with Crippen LogP contribution in [0.1, 0.15) is 59.3 Å². The van der Waals surface area contributed by atoms with Gasteiger partial charge >= 0.3 is 0 Å². The van der Waals surface area contributed by atoms with Gasteiger partial charge in [0.05, 0.1) is 0 Å². The van der Waals surface area contributed by atoms with Crippen LogP contribution in [0.2, 0.25) is 0 Å².